The lowest BCUT2D eigenvalue weighted by atomic mass is 9.97. The summed E-state index contributed by atoms with van der Waals surface area (Å²) >= 11 is 1.67. The highest BCUT2D eigenvalue weighted by atomic mass is 32.2. The number of aliphatic hydroxyl groups excluding tert-OH is 1. The summed E-state index contributed by atoms with van der Waals surface area (Å²) in [5.41, 5.74) is 0.999. The van der Waals surface area contributed by atoms with Crippen molar-refractivity contribution in [2.45, 2.75) is 29.8 Å². The van der Waals surface area contributed by atoms with Crippen LogP contribution in [0.25, 0.3) is 0 Å². The monoisotopic (exact) mass is 281 g/mol. The van der Waals surface area contributed by atoms with E-state index in [1.54, 1.807) is 11.8 Å². The summed E-state index contributed by atoms with van der Waals surface area (Å²) in [6, 6.07) is 9.95. The van der Waals surface area contributed by atoms with Crippen LogP contribution in [0.1, 0.15) is 11.9 Å². The molecule has 2 N–H and O–H groups in total. The maximum atomic E-state index is 10.4. The van der Waals surface area contributed by atoms with E-state index in [0.717, 1.165) is 12.1 Å². The molecule has 0 amide bonds. The van der Waals surface area contributed by atoms with Crippen LogP contribution in [-0.2, 0) is 9.47 Å². The van der Waals surface area contributed by atoms with Crippen molar-refractivity contribution in [1.29, 1.82) is 0 Å². The molecule has 2 aliphatic rings. The minimum atomic E-state index is -0.448. The van der Waals surface area contributed by atoms with E-state index in [1.165, 1.54) is 0 Å². The minimum absolute atomic E-state index is 0.0818. The molecule has 1 aromatic carbocycles. The Bertz CT molecular complexity index is 416. The minimum Gasteiger partial charge on any atom is -0.389 e. The zero-order valence-electron chi connectivity index (χ0n) is 10.9. The van der Waals surface area contributed by atoms with E-state index in [2.05, 4.69) is 5.32 Å². The summed E-state index contributed by atoms with van der Waals surface area (Å²) in [6.07, 6.45) is 0.991. The van der Waals surface area contributed by atoms with E-state index in [4.69, 9.17) is 9.47 Å². The van der Waals surface area contributed by atoms with E-state index < -0.39 is 6.10 Å². The summed E-state index contributed by atoms with van der Waals surface area (Å²) in [4.78, 5) is 0. The topological polar surface area (TPSA) is 50.7 Å². The van der Waals surface area contributed by atoms with Gasteiger partial charge in [0.1, 0.15) is 6.10 Å². The maximum Gasteiger partial charge on any atom is 0.184 e. The smallest absolute Gasteiger partial charge is 0.184 e. The molecule has 0 spiro atoms. The number of thioether (sulfide) groups is 1. The second-order valence-electron chi connectivity index (χ2n) is 4.96. The molecule has 2 aliphatic heterocycles. The number of aliphatic hydroxyl groups is 1. The van der Waals surface area contributed by atoms with Crippen LogP contribution in [-0.4, -0.2) is 48.0 Å². The first kappa shape index (κ1) is 13.4. The molecule has 19 heavy (non-hydrogen) atoms. The molecule has 0 aromatic heterocycles. The number of benzene rings is 1. The Balaban J connectivity index is 1.73. The van der Waals surface area contributed by atoms with Crippen LogP contribution in [0.4, 0.5) is 0 Å². The quantitative estimate of drug-likeness (QED) is 0.852. The second kappa shape index (κ2) is 5.81. The third-order valence-electron chi connectivity index (χ3n) is 3.78. The maximum absolute atomic E-state index is 10.4. The normalized spacial score (nSPS) is 38.7. The molecule has 0 radical (unpaired) electrons. The van der Waals surface area contributed by atoms with E-state index >= 15 is 0 Å². The highest BCUT2D eigenvalue weighted by Crippen LogP contribution is 2.32. The van der Waals surface area contributed by atoms with Gasteiger partial charge in [-0.05, 0) is 6.26 Å². The fourth-order valence-electron chi connectivity index (χ4n) is 2.66. The molecule has 0 bridgehead atoms. The van der Waals surface area contributed by atoms with Gasteiger partial charge in [0.05, 0.1) is 18.8 Å². The highest BCUT2D eigenvalue weighted by molar-refractivity contribution is 7.99. The van der Waals surface area contributed by atoms with Gasteiger partial charge in [0.15, 0.2) is 6.29 Å². The SMILES string of the molecule is CS[C@H]1CN[C@@H]2CO[C@@H](c3ccccc3)O[C@H]2[C@@H]1O. The number of nitrogens with one attached hydrogen (secondary N) is 1. The average Bonchev–Trinajstić information content (AvgIpc) is 2.48. The lowest BCUT2D eigenvalue weighted by Gasteiger charge is -2.45. The first-order valence-electron chi connectivity index (χ1n) is 6.56. The fraction of sp³-hybridized carbons (Fsp3) is 0.571. The molecule has 0 unspecified atom stereocenters. The first-order valence-corrected chi connectivity index (χ1v) is 7.84. The summed E-state index contributed by atoms with van der Waals surface area (Å²) in [6.45, 7) is 1.37. The van der Waals surface area contributed by atoms with Crippen LogP contribution >= 0.6 is 11.8 Å². The van der Waals surface area contributed by atoms with Gasteiger partial charge in [0.2, 0.25) is 0 Å². The van der Waals surface area contributed by atoms with Gasteiger partial charge in [0, 0.05) is 17.4 Å². The lowest BCUT2D eigenvalue weighted by Crippen LogP contribution is -2.63. The molecule has 2 saturated heterocycles. The van der Waals surface area contributed by atoms with E-state index in [9.17, 15) is 5.11 Å². The Labute approximate surface area is 117 Å². The molecule has 104 valence electrons. The largest absolute Gasteiger partial charge is 0.389 e. The number of piperidine rings is 1. The molecule has 4 nitrogen and oxygen atoms in total. The van der Waals surface area contributed by atoms with Gasteiger partial charge in [-0.25, -0.2) is 0 Å². The van der Waals surface area contributed by atoms with E-state index in [1.807, 2.05) is 36.6 Å². The highest BCUT2D eigenvalue weighted by Gasteiger charge is 2.43. The predicted octanol–water partition coefficient (Wildman–Crippen LogP) is 1.16. The number of fused-ring (bicyclic) bond motifs is 1. The zero-order valence-corrected chi connectivity index (χ0v) is 11.7. The van der Waals surface area contributed by atoms with Crippen LogP contribution in [0.15, 0.2) is 30.3 Å². The Kier molecular flexibility index (Phi) is 4.10. The number of hydrogen-bond donors (Lipinski definition) is 2. The molecule has 5 atom stereocenters. The van der Waals surface area contributed by atoms with Gasteiger partial charge in [-0.15, -0.1) is 0 Å². The first-order chi connectivity index (χ1) is 9.29. The molecule has 5 heteroatoms. The van der Waals surface area contributed by atoms with Gasteiger partial charge < -0.3 is 19.9 Å². The van der Waals surface area contributed by atoms with Gasteiger partial charge >= 0.3 is 0 Å². The number of rotatable bonds is 2. The van der Waals surface area contributed by atoms with Crippen molar-refractivity contribution >= 4 is 11.8 Å². The third kappa shape index (κ3) is 2.66. The fourth-order valence-corrected chi connectivity index (χ4v) is 3.36. The summed E-state index contributed by atoms with van der Waals surface area (Å²) in [5, 5.41) is 14.0. The van der Waals surface area contributed by atoms with Gasteiger partial charge in [-0.1, -0.05) is 30.3 Å². The van der Waals surface area contributed by atoms with Crippen LogP contribution in [0, 0.1) is 0 Å². The van der Waals surface area contributed by atoms with Gasteiger partial charge in [-0.3, -0.25) is 0 Å². The van der Waals surface area contributed by atoms with Gasteiger partial charge in [-0.2, -0.15) is 11.8 Å². The Morgan fingerprint density at radius 3 is 2.84 bits per heavy atom. The van der Waals surface area contributed by atoms with Crippen LogP contribution < -0.4 is 5.32 Å². The summed E-state index contributed by atoms with van der Waals surface area (Å²) in [7, 11) is 0. The zero-order chi connectivity index (χ0) is 13.2. The van der Waals surface area contributed by atoms with Crippen molar-refractivity contribution in [3.8, 4) is 0 Å². The van der Waals surface area contributed by atoms with Crippen molar-refractivity contribution in [3.63, 3.8) is 0 Å². The standard InChI is InChI=1S/C14H19NO3S/c1-19-11-7-15-10-8-17-14(18-13(10)12(11)16)9-5-3-2-4-6-9/h2-6,10-16H,7-8H2,1H3/t10-,11+,12-,13-,14-/m1/s1. The van der Waals surface area contributed by atoms with E-state index in [0.29, 0.717) is 6.61 Å². The van der Waals surface area contributed by atoms with Crippen molar-refractivity contribution < 1.29 is 14.6 Å². The molecule has 1 aromatic rings. The van der Waals surface area contributed by atoms with Crippen molar-refractivity contribution in [1.82, 2.24) is 5.32 Å². The molecule has 3 rings (SSSR count). The Morgan fingerprint density at radius 1 is 1.32 bits per heavy atom. The van der Waals surface area contributed by atoms with Crippen molar-refractivity contribution in [2.75, 3.05) is 19.4 Å². The van der Waals surface area contributed by atoms with Crippen LogP contribution in [0.2, 0.25) is 0 Å². The van der Waals surface area contributed by atoms with Gasteiger partial charge in [0.25, 0.3) is 0 Å². The predicted molar refractivity (Wildman–Crippen MR) is 75.1 cm³/mol. The van der Waals surface area contributed by atoms with Crippen LogP contribution in [0.5, 0.6) is 0 Å². The van der Waals surface area contributed by atoms with E-state index in [-0.39, 0.29) is 23.7 Å². The molecular formula is C14H19NO3S. The number of hydrogen-bond acceptors (Lipinski definition) is 5. The second-order valence-corrected chi connectivity index (χ2v) is 6.03. The molecule has 2 heterocycles. The third-order valence-corrected chi connectivity index (χ3v) is 4.83. The number of ether oxygens (including phenoxy) is 2. The molecule has 2 fully saturated rings. The molecule has 0 aliphatic carbocycles. The lowest BCUT2D eigenvalue weighted by molar-refractivity contribution is -0.254. The Morgan fingerprint density at radius 2 is 2.11 bits per heavy atom. The average molecular weight is 281 g/mol. The molecule has 0 saturated carbocycles. The summed E-state index contributed by atoms with van der Waals surface area (Å²) in [5.74, 6) is 0. The Hall–Kier alpha value is -0.590. The van der Waals surface area contributed by atoms with Crippen LogP contribution in [0.3, 0.4) is 0 Å². The van der Waals surface area contributed by atoms with Crippen molar-refractivity contribution in [2.24, 2.45) is 0 Å². The van der Waals surface area contributed by atoms with Crippen molar-refractivity contribution in [3.05, 3.63) is 35.9 Å². The molecular weight excluding hydrogens is 262 g/mol. The summed E-state index contributed by atoms with van der Waals surface area (Å²) < 4.78 is 11.7.